The summed E-state index contributed by atoms with van der Waals surface area (Å²) in [6, 6.07) is 3.08. The maximum atomic E-state index is 11.2. The van der Waals surface area contributed by atoms with Gasteiger partial charge < -0.3 is 16.2 Å². The number of aromatic nitrogens is 1. The molecule has 1 aliphatic rings. The second-order valence-corrected chi connectivity index (χ2v) is 4.56. The molecule has 1 aliphatic carbocycles. The van der Waals surface area contributed by atoms with E-state index in [0.29, 0.717) is 23.5 Å². The van der Waals surface area contributed by atoms with Crippen molar-refractivity contribution in [3.8, 4) is 0 Å². The van der Waals surface area contributed by atoms with E-state index in [2.05, 4.69) is 10.3 Å². The number of nitrogens with two attached hydrogens (primary N) is 1. The highest BCUT2D eigenvalue weighted by atomic mass is 16.4. The van der Waals surface area contributed by atoms with E-state index in [-0.39, 0.29) is 6.04 Å². The fourth-order valence-corrected chi connectivity index (χ4v) is 2.06. The highest BCUT2D eigenvalue weighted by Crippen LogP contribution is 2.21. The maximum absolute atomic E-state index is 11.2. The normalized spacial score (nSPS) is 21.3. The number of carboxylic acid groups (broad SMARTS) is 1. The van der Waals surface area contributed by atoms with Crippen LogP contribution in [-0.2, 0) is 4.79 Å². The molecule has 2 rings (SSSR count). The summed E-state index contributed by atoms with van der Waals surface area (Å²) in [4.78, 5) is 26.2. The summed E-state index contributed by atoms with van der Waals surface area (Å²) < 4.78 is 0. The molecule has 0 saturated heterocycles. The second-order valence-electron chi connectivity index (χ2n) is 4.56. The molecule has 0 aromatic carbocycles. The average Bonchev–Trinajstić information content (AvgIpc) is 2.76. The minimum atomic E-state index is -0.837. The lowest BCUT2D eigenvalue weighted by atomic mass is 10.1. The van der Waals surface area contributed by atoms with Gasteiger partial charge in [0.05, 0.1) is 5.92 Å². The summed E-state index contributed by atoms with van der Waals surface area (Å²) in [5.74, 6) is -1.30. The smallest absolute Gasteiger partial charge is 0.310 e. The number of nitrogens with one attached hydrogen (secondary N) is 1. The number of nitrogens with zero attached hydrogens (tertiary/aromatic N) is 1. The van der Waals surface area contributed by atoms with Crippen LogP contribution in [0.2, 0.25) is 0 Å². The molecule has 1 amide bonds. The Morgan fingerprint density at radius 2 is 2.16 bits per heavy atom. The number of anilines is 1. The third-order valence-electron chi connectivity index (χ3n) is 2.97. The monoisotopic (exact) mass is 261 g/mol. The predicted molar refractivity (Wildman–Crippen MR) is 69.8 cm³/mol. The van der Waals surface area contributed by atoms with Crippen LogP contribution in [0.15, 0.2) is 24.3 Å². The van der Waals surface area contributed by atoms with Crippen LogP contribution in [0.5, 0.6) is 0 Å². The van der Waals surface area contributed by atoms with Crippen LogP contribution in [0, 0.1) is 12.8 Å². The molecule has 0 saturated carbocycles. The van der Waals surface area contributed by atoms with E-state index in [1.54, 1.807) is 31.2 Å². The van der Waals surface area contributed by atoms with Gasteiger partial charge in [-0.1, -0.05) is 12.2 Å². The number of pyridine rings is 1. The number of hydrogen-bond acceptors (Lipinski definition) is 4. The summed E-state index contributed by atoms with van der Waals surface area (Å²) in [6.45, 7) is 1.77. The highest BCUT2D eigenvalue weighted by Gasteiger charge is 2.24. The third-order valence-corrected chi connectivity index (χ3v) is 2.97. The summed E-state index contributed by atoms with van der Waals surface area (Å²) >= 11 is 0. The molecule has 1 aromatic rings. The summed E-state index contributed by atoms with van der Waals surface area (Å²) in [5, 5.41) is 12.0. The molecule has 6 heteroatoms. The zero-order valence-corrected chi connectivity index (χ0v) is 10.5. The molecular formula is C13H15N3O3. The van der Waals surface area contributed by atoms with Crippen LogP contribution >= 0.6 is 0 Å². The zero-order valence-electron chi connectivity index (χ0n) is 10.5. The van der Waals surface area contributed by atoms with E-state index in [1.165, 1.54) is 0 Å². The molecule has 1 heterocycles. The number of hydrogen-bond donors (Lipinski definition) is 3. The molecule has 0 bridgehead atoms. The van der Waals surface area contributed by atoms with Gasteiger partial charge in [-0.15, -0.1) is 0 Å². The van der Waals surface area contributed by atoms with Crippen molar-refractivity contribution in [2.24, 2.45) is 11.7 Å². The van der Waals surface area contributed by atoms with E-state index < -0.39 is 17.8 Å². The van der Waals surface area contributed by atoms with Gasteiger partial charge in [0, 0.05) is 17.3 Å². The van der Waals surface area contributed by atoms with Gasteiger partial charge >= 0.3 is 5.97 Å². The van der Waals surface area contributed by atoms with Crippen molar-refractivity contribution >= 4 is 17.7 Å². The fourth-order valence-electron chi connectivity index (χ4n) is 2.06. The van der Waals surface area contributed by atoms with Gasteiger partial charge in [0.25, 0.3) is 0 Å². The number of rotatable bonds is 4. The molecule has 2 unspecified atom stereocenters. The van der Waals surface area contributed by atoms with Gasteiger partial charge in [-0.05, 0) is 25.5 Å². The summed E-state index contributed by atoms with van der Waals surface area (Å²) in [7, 11) is 0. The molecule has 4 N–H and O–H groups in total. The first kappa shape index (κ1) is 13.1. The lowest BCUT2D eigenvalue weighted by molar-refractivity contribution is -0.140. The molecule has 6 nitrogen and oxygen atoms in total. The first-order valence-corrected chi connectivity index (χ1v) is 5.92. The number of aliphatic carboxylic acids is 1. The Balaban J connectivity index is 2.10. The van der Waals surface area contributed by atoms with Crippen LogP contribution in [0.1, 0.15) is 22.5 Å². The molecule has 0 aliphatic heterocycles. The number of amides is 1. The Morgan fingerprint density at radius 1 is 1.42 bits per heavy atom. The third kappa shape index (κ3) is 3.09. The van der Waals surface area contributed by atoms with Crippen LogP contribution in [0.4, 0.5) is 5.82 Å². The largest absolute Gasteiger partial charge is 0.481 e. The van der Waals surface area contributed by atoms with E-state index in [9.17, 15) is 9.59 Å². The Kier molecular flexibility index (Phi) is 3.50. The van der Waals surface area contributed by atoms with E-state index in [1.807, 2.05) is 0 Å². The topological polar surface area (TPSA) is 105 Å². The first-order valence-electron chi connectivity index (χ1n) is 5.92. The Labute approximate surface area is 110 Å². The Hall–Kier alpha value is -2.37. The van der Waals surface area contributed by atoms with E-state index in [0.717, 1.165) is 0 Å². The molecule has 100 valence electrons. The lowest BCUT2D eigenvalue weighted by Crippen LogP contribution is -2.20. The van der Waals surface area contributed by atoms with Crippen LogP contribution in [0.3, 0.4) is 0 Å². The first-order chi connectivity index (χ1) is 8.95. The molecule has 0 spiro atoms. The number of primary amides is 1. The standard InChI is InChI=1S/C13H15N3O3/c1-7-4-9(12(14)17)6-11(15-7)16-10-3-2-8(5-10)13(18)19/h2-4,6,8,10H,5H2,1H3,(H2,14,17)(H,15,16)(H,18,19). The number of carbonyl (C=O) groups is 2. The molecule has 19 heavy (non-hydrogen) atoms. The van der Waals surface area contributed by atoms with Crippen molar-refractivity contribution in [2.45, 2.75) is 19.4 Å². The van der Waals surface area contributed by atoms with Gasteiger partial charge in [0.2, 0.25) is 5.91 Å². The quantitative estimate of drug-likeness (QED) is 0.699. The minimum absolute atomic E-state index is 0.101. The number of carboxylic acids is 1. The van der Waals surface area contributed by atoms with Crippen molar-refractivity contribution in [3.63, 3.8) is 0 Å². The molecule has 2 atom stereocenters. The van der Waals surface area contributed by atoms with Gasteiger partial charge in [-0.2, -0.15) is 0 Å². The summed E-state index contributed by atoms with van der Waals surface area (Å²) in [6.07, 6.45) is 3.92. The van der Waals surface area contributed by atoms with Crippen molar-refractivity contribution in [3.05, 3.63) is 35.5 Å². The minimum Gasteiger partial charge on any atom is -0.481 e. The second kappa shape index (κ2) is 5.09. The van der Waals surface area contributed by atoms with Gasteiger partial charge in [-0.3, -0.25) is 9.59 Å². The van der Waals surface area contributed by atoms with Crippen molar-refractivity contribution < 1.29 is 14.7 Å². The molecule has 0 radical (unpaired) electrons. The van der Waals surface area contributed by atoms with Gasteiger partial charge in [0.15, 0.2) is 0 Å². The van der Waals surface area contributed by atoms with Crippen LogP contribution in [0.25, 0.3) is 0 Å². The molecule has 0 fully saturated rings. The Bertz CT molecular complexity index is 554. The fraction of sp³-hybridized carbons (Fsp3) is 0.308. The summed E-state index contributed by atoms with van der Waals surface area (Å²) in [5.41, 5.74) is 6.29. The number of aryl methyl sites for hydroxylation is 1. The van der Waals surface area contributed by atoms with E-state index >= 15 is 0 Å². The predicted octanol–water partition coefficient (Wildman–Crippen LogP) is 0.930. The van der Waals surface area contributed by atoms with Crippen molar-refractivity contribution in [1.29, 1.82) is 0 Å². The van der Waals surface area contributed by atoms with Crippen LogP contribution < -0.4 is 11.1 Å². The van der Waals surface area contributed by atoms with E-state index in [4.69, 9.17) is 10.8 Å². The molecular weight excluding hydrogens is 246 g/mol. The van der Waals surface area contributed by atoms with Gasteiger partial charge in [-0.25, -0.2) is 4.98 Å². The lowest BCUT2D eigenvalue weighted by Gasteiger charge is -2.13. The van der Waals surface area contributed by atoms with Crippen LogP contribution in [-0.4, -0.2) is 28.0 Å². The number of carbonyl (C=O) groups excluding carboxylic acids is 1. The average molecular weight is 261 g/mol. The maximum Gasteiger partial charge on any atom is 0.310 e. The van der Waals surface area contributed by atoms with Gasteiger partial charge in [0.1, 0.15) is 5.82 Å². The Morgan fingerprint density at radius 3 is 2.74 bits per heavy atom. The van der Waals surface area contributed by atoms with Crippen molar-refractivity contribution in [1.82, 2.24) is 4.98 Å². The molecule has 1 aromatic heterocycles. The van der Waals surface area contributed by atoms with Crippen molar-refractivity contribution in [2.75, 3.05) is 5.32 Å². The SMILES string of the molecule is Cc1cc(C(N)=O)cc(NC2C=CC(C(=O)O)C2)n1. The highest BCUT2D eigenvalue weighted by molar-refractivity contribution is 5.93. The zero-order chi connectivity index (χ0) is 14.0.